The van der Waals surface area contributed by atoms with Gasteiger partial charge in [0.2, 0.25) is 0 Å². The number of hydrogen-bond donors (Lipinski definition) is 0. The van der Waals surface area contributed by atoms with Crippen LogP contribution in [0.25, 0.3) is 0 Å². The van der Waals surface area contributed by atoms with E-state index in [0.717, 1.165) is 39.5 Å². The molecule has 4 atom stereocenters. The Morgan fingerprint density at radius 2 is 0.561 bits per heavy atom. The average Bonchev–Trinajstić information content (AvgIpc) is 0.750. The van der Waals surface area contributed by atoms with Crippen LogP contribution in [0.4, 0.5) is 45.5 Å². The Bertz CT molecular complexity index is 4300. The van der Waals surface area contributed by atoms with Crippen LogP contribution in [0, 0.1) is 0 Å². The van der Waals surface area contributed by atoms with Crippen LogP contribution in [0.2, 0.25) is 0 Å². The molecular weight excluding hydrogens is 1650 g/mol. The number of hydrogen-bond acceptors (Lipinski definition) is 15. The molecule has 0 spiro atoms. The fourth-order valence-corrected chi connectivity index (χ4v) is 17.7. The van der Waals surface area contributed by atoms with Gasteiger partial charge < -0.3 is 44.1 Å². The summed E-state index contributed by atoms with van der Waals surface area (Å²) in [6, 6.07) is 99.3. The van der Waals surface area contributed by atoms with E-state index in [1.807, 2.05) is 143 Å². The Kier molecular flexibility index (Phi) is 44.0. The molecule has 9 nitrogen and oxygen atoms in total. The van der Waals surface area contributed by atoms with Crippen LogP contribution in [0.1, 0.15) is 90.8 Å². The molecule has 11 rings (SSSR count). The Hall–Kier alpha value is -6.38. The summed E-state index contributed by atoms with van der Waals surface area (Å²) in [6.07, 6.45) is 0. The van der Waals surface area contributed by atoms with Crippen molar-refractivity contribution in [3.8, 4) is 0 Å². The molecule has 0 amide bonds. The molecule has 114 heavy (non-hydrogen) atoms. The molecule has 0 aliphatic heterocycles. The van der Waals surface area contributed by atoms with Crippen LogP contribution in [0.15, 0.2) is 285 Å². The Balaban J connectivity index is 0.000000248. The molecule has 0 radical (unpaired) electrons. The van der Waals surface area contributed by atoms with Crippen LogP contribution in [0.3, 0.4) is 0 Å². The van der Waals surface area contributed by atoms with E-state index < -0.39 is 4.75 Å². The zero-order chi connectivity index (χ0) is 84.1. The zero-order valence-electron chi connectivity index (χ0n) is 69.8. The molecule has 0 bridgehead atoms. The number of benzene rings is 11. The fraction of sp³-hybridized carbons (Fsp3) is 0.290. The van der Waals surface area contributed by atoms with Crippen molar-refractivity contribution < 1.29 is 0 Å². The second-order valence-electron chi connectivity index (χ2n) is 29.1. The second kappa shape index (κ2) is 51.1. The maximum Gasteiger partial charge on any atom is 0.106 e. The van der Waals surface area contributed by atoms with Crippen molar-refractivity contribution >= 4 is 175 Å². The molecule has 0 aliphatic carbocycles. The van der Waals surface area contributed by atoms with Crippen LogP contribution in [-0.4, -0.2) is 139 Å². The minimum absolute atomic E-state index is 0.174. The van der Waals surface area contributed by atoms with E-state index in [9.17, 15) is 0 Å². The predicted octanol–water partition coefficient (Wildman–Crippen LogP) is 27.4. The van der Waals surface area contributed by atoms with Gasteiger partial charge in [0.05, 0.1) is 15.2 Å². The molecule has 0 heterocycles. The maximum atomic E-state index is 6.72. The van der Waals surface area contributed by atoms with Crippen molar-refractivity contribution in [3.63, 3.8) is 0 Å². The number of rotatable bonds is 25. The van der Waals surface area contributed by atoms with Crippen LogP contribution in [0.5, 0.6) is 0 Å². The summed E-state index contributed by atoms with van der Waals surface area (Å²) < 4.78 is -0.740. The maximum absolute atomic E-state index is 6.72. The standard InChI is InChI=1S/C25H30ClN3S.C16H18ClNS.2C15H16ClNS.C11H17ClN2S.C8H9ClS.C3H9N/c1-27(2)22-13-7-19(8-14-22)25(30-26,20-9-15-23(16-10-20)28(3)4)21-11-17-24(18-12-21)29(5)6;1-16(19-17,13-7-5-4-6-8-13)14-9-11-15(12-10-14)18(2)3;1-17(2)14-10-6-9-13(11-14)15(18-16)12-7-4-3-5-8-12;1-17(2)14-10-8-13(9-11-14)15(18-16)12-6-4-3-5-7-12;1-13(2)10-6-5-9(8-15-12)11(7-10)14(3)4;1-7(10-9)8-5-3-2-4-6-8;1-4(2)3/h7-18H,1-6H3;4-12H,1-3H3;2*3-11,15H,1-2H3;5-7H,8H2,1-4H3;2-7H,1H3;1-3H3. The van der Waals surface area contributed by atoms with E-state index in [2.05, 4.69) is 334 Å². The van der Waals surface area contributed by atoms with Crippen LogP contribution < -0.4 is 39.2 Å². The summed E-state index contributed by atoms with van der Waals surface area (Å²) in [4.78, 5) is 18.8. The quantitative estimate of drug-likeness (QED) is 0.0509. The predicted molar refractivity (Wildman–Crippen MR) is 528 cm³/mol. The van der Waals surface area contributed by atoms with Crippen molar-refractivity contribution in [3.05, 3.63) is 346 Å². The van der Waals surface area contributed by atoms with Crippen molar-refractivity contribution in [2.24, 2.45) is 0 Å². The van der Waals surface area contributed by atoms with Gasteiger partial charge in [-0.25, -0.2) is 0 Å². The third-order valence-electron chi connectivity index (χ3n) is 18.4. The van der Waals surface area contributed by atoms with Gasteiger partial charge in [-0.15, -0.1) is 0 Å². The highest BCUT2D eigenvalue weighted by Crippen LogP contribution is 2.52. The number of nitrogens with zero attached hydrogens (tertiary/aromatic N) is 9. The topological polar surface area (TPSA) is 29.2 Å². The first-order valence-electron chi connectivity index (χ1n) is 37.0. The highest BCUT2D eigenvalue weighted by Gasteiger charge is 2.38. The molecular formula is C93H115Cl6N9S6. The summed E-state index contributed by atoms with van der Waals surface area (Å²) in [7, 11) is 83.2. The van der Waals surface area contributed by atoms with Crippen LogP contribution >= 0.6 is 130 Å². The molecule has 4 unspecified atom stereocenters. The summed E-state index contributed by atoms with van der Waals surface area (Å²) in [5.41, 5.74) is 22.9. The third kappa shape index (κ3) is 30.2. The largest absolute Gasteiger partial charge is 0.378 e. The van der Waals surface area contributed by atoms with Gasteiger partial charge >= 0.3 is 0 Å². The lowest BCUT2D eigenvalue weighted by Gasteiger charge is -2.33. The molecule has 0 aromatic heterocycles. The minimum Gasteiger partial charge on any atom is -0.378 e. The van der Waals surface area contributed by atoms with Crippen molar-refractivity contribution in [1.29, 1.82) is 0 Å². The zero-order valence-corrected chi connectivity index (χ0v) is 79.3. The molecule has 21 heteroatoms. The first-order chi connectivity index (χ1) is 54.4. The monoisotopic (exact) mass is 1760 g/mol. The molecule has 0 fully saturated rings. The number of anilines is 8. The lowest BCUT2D eigenvalue weighted by molar-refractivity contribution is 0.505. The fourth-order valence-electron chi connectivity index (χ4n) is 11.7. The van der Waals surface area contributed by atoms with Gasteiger partial charge in [-0.2, -0.15) is 0 Å². The van der Waals surface area contributed by atoms with E-state index in [-0.39, 0.29) is 15.2 Å². The van der Waals surface area contributed by atoms with Gasteiger partial charge in [0.25, 0.3) is 0 Å². The van der Waals surface area contributed by atoms with Crippen LogP contribution in [-0.2, 0) is 15.2 Å². The summed E-state index contributed by atoms with van der Waals surface area (Å²) in [6.45, 7) is 4.25. The molecule has 11 aromatic rings. The van der Waals surface area contributed by atoms with E-state index in [1.165, 1.54) is 139 Å². The first-order valence-corrected chi connectivity index (χ1v) is 47.3. The van der Waals surface area contributed by atoms with Crippen molar-refractivity contribution in [2.45, 2.75) is 44.8 Å². The lowest BCUT2D eigenvalue weighted by atomic mass is 9.83. The SMILES string of the molecule is CC(SCl)c1ccccc1.CN(C)C.CN(C)c1ccc(C(C)(SCl)c2ccccc2)cc1.CN(C)c1ccc(C(SCl)(c2ccc(N(C)C)cc2)c2ccc(N(C)C)cc2)cc1.CN(C)c1ccc(C(SCl)c2ccccc2)cc1.CN(C)c1ccc(CSCl)c(N(C)C)c1.CN(C)c1cccc(C(SCl)c2ccccc2)c1. The Morgan fingerprint density at radius 3 is 0.877 bits per heavy atom. The Labute approximate surface area is 737 Å². The van der Waals surface area contributed by atoms with Crippen molar-refractivity contribution in [2.75, 3.05) is 173 Å². The molecule has 0 N–H and O–H groups in total. The van der Waals surface area contributed by atoms with Crippen molar-refractivity contribution in [1.82, 2.24) is 4.90 Å². The van der Waals surface area contributed by atoms with Gasteiger partial charge in [0.15, 0.2) is 0 Å². The summed E-state index contributed by atoms with van der Waals surface area (Å²) in [5.74, 6) is 0.836. The second-order valence-corrected chi connectivity index (χ2v) is 36.7. The highest BCUT2D eigenvalue weighted by molar-refractivity contribution is 8.22. The van der Waals surface area contributed by atoms with Gasteiger partial charge in [-0.3, -0.25) is 0 Å². The smallest absolute Gasteiger partial charge is 0.106 e. The highest BCUT2D eigenvalue weighted by atomic mass is 35.7. The van der Waals surface area contributed by atoms with E-state index in [1.54, 1.807) is 0 Å². The molecule has 0 aliphatic rings. The third-order valence-corrected chi connectivity index (χ3v) is 26.3. The summed E-state index contributed by atoms with van der Waals surface area (Å²) in [5, 5.41) is 0.750. The average molecular weight is 1760 g/mol. The van der Waals surface area contributed by atoms with E-state index in [0.29, 0.717) is 5.25 Å². The normalized spacial score (nSPS) is 11.9. The number of halogens is 6. The van der Waals surface area contributed by atoms with E-state index >= 15 is 0 Å². The first kappa shape index (κ1) is 98.2. The molecule has 11 aromatic carbocycles. The van der Waals surface area contributed by atoms with Gasteiger partial charge in [-0.1, -0.05) is 211 Å². The van der Waals surface area contributed by atoms with Gasteiger partial charge in [-0.05, 0) is 300 Å². The molecule has 610 valence electrons. The molecule has 0 saturated carbocycles. The minimum atomic E-state index is -0.512. The van der Waals surface area contributed by atoms with E-state index in [4.69, 9.17) is 64.1 Å². The van der Waals surface area contributed by atoms with Gasteiger partial charge in [0.1, 0.15) is 4.75 Å². The summed E-state index contributed by atoms with van der Waals surface area (Å²) >= 11 is 0. The lowest BCUT2D eigenvalue weighted by Crippen LogP contribution is -2.25. The van der Waals surface area contributed by atoms with Gasteiger partial charge in [0, 0.05) is 169 Å². The molecule has 0 saturated heterocycles. The Morgan fingerprint density at radius 1 is 0.272 bits per heavy atom.